The average molecular weight is 448 g/mol. The molecule has 2 aromatic carbocycles. The maximum Gasteiger partial charge on any atom is 0.263 e. The minimum atomic E-state index is -0.275. The smallest absolute Gasteiger partial charge is 0.263 e. The number of carbonyl (C=O) groups is 3. The van der Waals surface area contributed by atoms with E-state index >= 15 is 0 Å². The van der Waals surface area contributed by atoms with Crippen LogP contribution in [0, 0.1) is 12.8 Å². The summed E-state index contributed by atoms with van der Waals surface area (Å²) in [5.41, 5.74) is 2.65. The predicted molar refractivity (Wildman–Crippen MR) is 127 cm³/mol. The van der Waals surface area contributed by atoms with Crippen molar-refractivity contribution in [2.45, 2.75) is 19.8 Å². The fraction of sp³-hybridized carbons (Fsp3) is 0.240. The highest BCUT2D eigenvalue weighted by atomic mass is 32.1. The number of hydrogen-bond acceptors (Lipinski definition) is 4. The summed E-state index contributed by atoms with van der Waals surface area (Å²) in [6.45, 7) is 3.05. The molecule has 2 heterocycles. The van der Waals surface area contributed by atoms with E-state index in [1.165, 1.54) is 11.3 Å². The minimum Gasteiger partial charge on any atom is -0.338 e. The molecule has 1 aromatic heterocycles. The van der Waals surface area contributed by atoms with Crippen molar-refractivity contribution in [1.29, 1.82) is 0 Å². The Morgan fingerprint density at radius 1 is 0.938 bits per heavy atom. The fourth-order valence-electron chi connectivity index (χ4n) is 3.85. The van der Waals surface area contributed by atoms with Crippen molar-refractivity contribution in [3.05, 3.63) is 82.0 Å². The van der Waals surface area contributed by atoms with Gasteiger partial charge in [-0.3, -0.25) is 14.4 Å². The molecule has 3 amide bonds. The van der Waals surface area contributed by atoms with Crippen LogP contribution in [0.1, 0.15) is 38.4 Å². The average Bonchev–Trinajstić information content (AvgIpc) is 3.34. The molecule has 1 saturated heterocycles. The molecule has 2 N–H and O–H groups in total. The van der Waals surface area contributed by atoms with Gasteiger partial charge in [0.05, 0.1) is 16.1 Å². The number of anilines is 2. The predicted octanol–water partition coefficient (Wildman–Crippen LogP) is 4.80. The Bertz CT molecular complexity index is 1120. The molecule has 164 valence electrons. The van der Waals surface area contributed by atoms with Crippen molar-refractivity contribution >= 4 is 40.4 Å². The van der Waals surface area contributed by atoms with Crippen molar-refractivity contribution in [2.75, 3.05) is 23.7 Å². The van der Waals surface area contributed by atoms with Gasteiger partial charge in [0.2, 0.25) is 5.91 Å². The number of likely N-dealkylation sites (tertiary alicyclic amines) is 1. The van der Waals surface area contributed by atoms with Gasteiger partial charge in [0.15, 0.2) is 0 Å². The largest absolute Gasteiger partial charge is 0.338 e. The van der Waals surface area contributed by atoms with Gasteiger partial charge in [-0.2, -0.15) is 0 Å². The zero-order chi connectivity index (χ0) is 22.5. The van der Waals surface area contributed by atoms with Crippen molar-refractivity contribution in [1.82, 2.24) is 4.90 Å². The van der Waals surface area contributed by atoms with Gasteiger partial charge < -0.3 is 15.5 Å². The first-order valence-corrected chi connectivity index (χ1v) is 11.5. The summed E-state index contributed by atoms with van der Waals surface area (Å²) in [5.74, 6) is -0.570. The van der Waals surface area contributed by atoms with Gasteiger partial charge in [-0.1, -0.05) is 30.3 Å². The van der Waals surface area contributed by atoms with Crippen LogP contribution in [0.25, 0.3) is 0 Å². The van der Waals surface area contributed by atoms with E-state index in [-0.39, 0.29) is 23.6 Å². The third-order valence-corrected chi connectivity index (χ3v) is 6.45. The topological polar surface area (TPSA) is 78.5 Å². The lowest BCUT2D eigenvalue weighted by Crippen LogP contribution is -2.41. The molecule has 3 aromatic rings. The SMILES string of the molecule is Cc1cccc(NC(=O)c2ccccc2NC(=O)C2CCN(C(=O)c3cccs3)CC2)c1. The molecule has 0 aliphatic carbocycles. The zero-order valence-corrected chi connectivity index (χ0v) is 18.7. The molecule has 4 rings (SSSR count). The number of para-hydroxylation sites is 1. The highest BCUT2D eigenvalue weighted by molar-refractivity contribution is 7.12. The zero-order valence-electron chi connectivity index (χ0n) is 17.8. The highest BCUT2D eigenvalue weighted by Gasteiger charge is 2.28. The minimum absolute atomic E-state index is 0.0250. The van der Waals surface area contributed by atoms with Gasteiger partial charge in [0.1, 0.15) is 0 Å². The summed E-state index contributed by atoms with van der Waals surface area (Å²) in [7, 11) is 0. The second kappa shape index (κ2) is 9.78. The fourth-order valence-corrected chi connectivity index (χ4v) is 4.54. The standard InChI is InChI=1S/C25H25N3O3S/c1-17-6-4-7-19(16-17)26-24(30)20-8-2-3-9-21(20)27-23(29)18-11-13-28(14-12-18)25(31)22-10-5-15-32-22/h2-10,15-16,18H,11-14H2,1H3,(H,26,30)(H,27,29). The summed E-state index contributed by atoms with van der Waals surface area (Å²) in [5, 5.41) is 7.71. The molecule has 0 radical (unpaired) electrons. The number of hydrogen-bond donors (Lipinski definition) is 2. The molecule has 0 spiro atoms. The quantitative estimate of drug-likeness (QED) is 0.590. The van der Waals surface area contributed by atoms with E-state index in [0.29, 0.717) is 42.9 Å². The first-order valence-electron chi connectivity index (χ1n) is 10.6. The van der Waals surface area contributed by atoms with Gasteiger partial charge in [-0.15, -0.1) is 11.3 Å². The molecule has 0 bridgehead atoms. The molecular weight excluding hydrogens is 422 g/mol. The number of carbonyl (C=O) groups excluding carboxylic acids is 3. The number of aryl methyl sites for hydroxylation is 1. The molecule has 6 nitrogen and oxygen atoms in total. The van der Waals surface area contributed by atoms with Crippen LogP contribution in [-0.4, -0.2) is 35.7 Å². The first kappa shape index (κ1) is 21.8. The summed E-state index contributed by atoms with van der Waals surface area (Å²) in [6.07, 6.45) is 1.20. The Labute approximate surface area is 191 Å². The van der Waals surface area contributed by atoms with E-state index in [4.69, 9.17) is 0 Å². The first-order chi connectivity index (χ1) is 15.5. The van der Waals surface area contributed by atoms with Crippen LogP contribution in [0.5, 0.6) is 0 Å². The van der Waals surface area contributed by atoms with Crippen molar-refractivity contribution in [3.63, 3.8) is 0 Å². The molecule has 7 heteroatoms. The van der Waals surface area contributed by atoms with Crippen LogP contribution in [0.15, 0.2) is 66.0 Å². The molecule has 1 fully saturated rings. The molecule has 32 heavy (non-hydrogen) atoms. The van der Waals surface area contributed by atoms with Crippen LogP contribution in [0.3, 0.4) is 0 Å². The Morgan fingerprint density at radius 3 is 2.44 bits per heavy atom. The Hall–Kier alpha value is -3.45. The molecule has 1 aliphatic rings. The number of thiophene rings is 1. The molecular formula is C25H25N3O3S. The van der Waals surface area contributed by atoms with Gasteiger partial charge in [0.25, 0.3) is 11.8 Å². The third kappa shape index (κ3) is 5.06. The number of benzene rings is 2. The number of nitrogens with one attached hydrogen (secondary N) is 2. The van der Waals surface area contributed by atoms with E-state index in [1.807, 2.05) is 48.7 Å². The summed E-state index contributed by atoms with van der Waals surface area (Å²) < 4.78 is 0. The summed E-state index contributed by atoms with van der Waals surface area (Å²) >= 11 is 1.43. The maximum absolute atomic E-state index is 12.9. The van der Waals surface area contributed by atoms with Crippen LogP contribution in [0.2, 0.25) is 0 Å². The number of piperidine rings is 1. The van der Waals surface area contributed by atoms with Crippen LogP contribution >= 0.6 is 11.3 Å². The lowest BCUT2D eigenvalue weighted by Gasteiger charge is -2.31. The van der Waals surface area contributed by atoms with Gasteiger partial charge in [-0.25, -0.2) is 0 Å². The molecule has 0 unspecified atom stereocenters. The summed E-state index contributed by atoms with van der Waals surface area (Å²) in [4.78, 5) is 40.8. The second-order valence-electron chi connectivity index (χ2n) is 7.90. The van der Waals surface area contributed by atoms with Crippen LogP contribution in [0.4, 0.5) is 11.4 Å². The van der Waals surface area contributed by atoms with E-state index < -0.39 is 0 Å². The third-order valence-electron chi connectivity index (χ3n) is 5.59. The van der Waals surface area contributed by atoms with Crippen molar-refractivity contribution in [2.24, 2.45) is 5.92 Å². The highest BCUT2D eigenvalue weighted by Crippen LogP contribution is 2.24. The molecule has 0 saturated carbocycles. The van der Waals surface area contributed by atoms with Crippen LogP contribution < -0.4 is 10.6 Å². The van der Waals surface area contributed by atoms with E-state index in [1.54, 1.807) is 29.2 Å². The Balaban J connectivity index is 1.38. The summed E-state index contributed by atoms with van der Waals surface area (Å²) in [6, 6.07) is 18.3. The van der Waals surface area contributed by atoms with E-state index in [2.05, 4.69) is 10.6 Å². The number of nitrogens with zero attached hydrogens (tertiary/aromatic N) is 1. The second-order valence-corrected chi connectivity index (χ2v) is 8.85. The molecule has 0 atom stereocenters. The van der Waals surface area contributed by atoms with E-state index in [9.17, 15) is 14.4 Å². The van der Waals surface area contributed by atoms with Gasteiger partial charge in [0, 0.05) is 24.7 Å². The maximum atomic E-state index is 12.9. The lowest BCUT2D eigenvalue weighted by molar-refractivity contribution is -0.121. The molecule has 1 aliphatic heterocycles. The monoisotopic (exact) mass is 447 g/mol. The van der Waals surface area contributed by atoms with E-state index in [0.717, 1.165) is 10.4 Å². The van der Waals surface area contributed by atoms with Crippen molar-refractivity contribution < 1.29 is 14.4 Å². The van der Waals surface area contributed by atoms with Crippen molar-refractivity contribution in [3.8, 4) is 0 Å². The lowest BCUT2D eigenvalue weighted by atomic mass is 9.95. The van der Waals surface area contributed by atoms with Gasteiger partial charge in [-0.05, 0) is 61.0 Å². The number of amides is 3. The van der Waals surface area contributed by atoms with Crippen LogP contribution in [-0.2, 0) is 4.79 Å². The Kier molecular flexibility index (Phi) is 6.66. The Morgan fingerprint density at radius 2 is 1.72 bits per heavy atom. The number of rotatable bonds is 5. The van der Waals surface area contributed by atoms with Gasteiger partial charge >= 0.3 is 0 Å². The normalized spacial score (nSPS) is 14.1.